The summed E-state index contributed by atoms with van der Waals surface area (Å²) in [5.41, 5.74) is 7.19. The first-order chi connectivity index (χ1) is 13.9. The summed E-state index contributed by atoms with van der Waals surface area (Å²) in [5.74, 6) is 0.0657. The number of aliphatic hydroxyl groups excluding tert-OH is 1. The van der Waals surface area contributed by atoms with Gasteiger partial charge in [-0.15, -0.1) is 0 Å². The van der Waals surface area contributed by atoms with Gasteiger partial charge < -0.3 is 15.7 Å². The molecule has 1 amide bonds. The standard InChI is InChI=1S/C24H33N3O2/c1-18(27-15-14-21(25)22(28)17-27)16-24(23(29)26(2)3,19-10-6-4-7-11-19)20-12-8-5-9-13-20/h4-13,18,21-22,28H,14-17,25H2,1-3H3/t18?,21-,22+/m0/s1. The van der Waals surface area contributed by atoms with Crippen LogP contribution >= 0.6 is 0 Å². The highest BCUT2D eigenvalue weighted by Gasteiger charge is 2.45. The molecule has 5 heteroatoms. The Balaban J connectivity index is 2.06. The second-order valence-electron chi connectivity index (χ2n) is 8.40. The van der Waals surface area contributed by atoms with Crippen LogP contribution < -0.4 is 5.73 Å². The molecule has 5 nitrogen and oxygen atoms in total. The summed E-state index contributed by atoms with van der Waals surface area (Å²) < 4.78 is 0. The van der Waals surface area contributed by atoms with Gasteiger partial charge in [0.15, 0.2) is 0 Å². The normalized spacial score (nSPS) is 21.6. The van der Waals surface area contributed by atoms with E-state index in [1.807, 2.05) is 74.8 Å². The summed E-state index contributed by atoms with van der Waals surface area (Å²) in [5, 5.41) is 10.3. The fraction of sp³-hybridized carbons (Fsp3) is 0.458. The summed E-state index contributed by atoms with van der Waals surface area (Å²) in [6.45, 7) is 3.51. The predicted molar refractivity (Wildman–Crippen MR) is 117 cm³/mol. The summed E-state index contributed by atoms with van der Waals surface area (Å²) in [7, 11) is 3.63. The number of amides is 1. The third-order valence-electron chi connectivity index (χ3n) is 6.19. The Morgan fingerprint density at radius 3 is 2.10 bits per heavy atom. The Morgan fingerprint density at radius 1 is 1.14 bits per heavy atom. The minimum atomic E-state index is -0.796. The first-order valence-corrected chi connectivity index (χ1v) is 10.4. The number of benzene rings is 2. The number of hydrogen-bond donors (Lipinski definition) is 2. The van der Waals surface area contributed by atoms with Crippen molar-refractivity contribution >= 4 is 5.91 Å². The molecule has 2 aromatic carbocycles. The fourth-order valence-corrected chi connectivity index (χ4v) is 4.51. The van der Waals surface area contributed by atoms with Crippen molar-refractivity contribution in [3.05, 3.63) is 71.8 Å². The first-order valence-electron chi connectivity index (χ1n) is 10.4. The van der Waals surface area contributed by atoms with Gasteiger partial charge in [0.1, 0.15) is 5.41 Å². The van der Waals surface area contributed by atoms with Gasteiger partial charge in [0, 0.05) is 39.3 Å². The van der Waals surface area contributed by atoms with E-state index in [1.54, 1.807) is 4.90 Å². The van der Waals surface area contributed by atoms with E-state index in [1.165, 1.54) is 0 Å². The van der Waals surface area contributed by atoms with Crippen LogP contribution in [0.1, 0.15) is 30.9 Å². The Bertz CT molecular complexity index is 755. The Labute approximate surface area is 174 Å². The van der Waals surface area contributed by atoms with E-state index in [9.17, 15) is 9.90 Å². The highest BCUT2D eigenvalue weighted by molar-refractivity contribution is 5.92. The van der Waals surface area contributed by atoms with E-state index in [0.717, 1.165) is 24.1 Å². The molecular weight excluding hydrogens is 362 g/mol. The molecule has 0 radical (unpaired) electrons. The molecule has 1 aliphatic rings. The maximum Gasteiger partial charge on any atom is 0.237 e. The quantitative estimate of drug-likeness (QED) is 0.787. The van der Waals surface area contributed by atoms with E-state index >= 15 is 0 Å². The minimum absolute atomic E-state index is 0.0657. The molecule has 2 aromatic rings. The lowest BCUT2D eigenvalue weighted by Crippen LogP contribution is -2.55. The zero-order chi connectivity index (χ0) is 21.0. The molecule has 1 heterocycles. The summed E-state index contributed by atoms with van der Waals surface area (Å²) >= 11 is 0. The van der Waals surface area contributed by atoms with E-state index < -0.39 is 11.5 Å². The largest absolute Gasteiger partial charge is 0.390 e. The minimum Gasteiger partial charge on any atom is -0.390 e. The highest BCUT2D eigenvalue weighted by Crippen LogP contribution is 2.39. The number of nitrogens with two attached hydrogens (primary N) is 1. The van der Waals surface area contributed by atoms with Crippen molar-refractivity contribution in [3.8, 4) is 0 Å². The molecule has 0 aromatic heterocycles. The number of aliphatic hydroxyl groups is 1. The van der Waals surface area contributed by atoms with Gasteiger partial charge in [0.25, 0.3) is 0 Å². The van der Waals surface area contributed by atoms with Crippen LogP contribution in [0.15, 0.2) is 60.7 Å². The van der Waals surface area contributed by atoms with Gasteiger partial charge in [-0.05, 0) is 30.9 Å². The lowest BCUT2D eigenvalue weighted by Gasteiger charge is -2.43. The number of carbonyl (C=O) groups excluding carboxylic acids is 1. The SMILES string of the molecule is CC(CC(C(=O)N(C)C)(c1ccccc1)c1ccccc1)N1CC[C@H](N)[C@H](O)C1. The van der Waals surface area contributed by atoms with Crippen LogP contribution in [-0.4, -0.2) is 66.2 Å². The van der Waals surface area contributed by atoms with E-state index in [-0.39, 0.29) is 18.0 Å². The monoisotopic (exact) mass is 395 g/mol. The molecular formula is C24H33N3O2. The molecule has 0 saturated carbocycles. The van der Waals surface area contributed by atoms with Gasteiger partial charge in [-0.3, -0.25) is 9.69 Å². The van der Waals surface area contributed by atoms with Crippen LogP contribution in [0, 0.1) is 0 Å². The van der Waals surface area contributed by atoms with Gasteiger partial charge in [0.05, 0.1) is 6.10 Å². The summed E-state index contributed by atoms with van der Waals surface area (Å²) in [6, 6.07) is 20.0. The van der Waals surface area contributed by atoms with Crippen molar-refractivity contribution in [3.63, 3.8) is 0 Å². The molecule has 3 atom stereocenters. The number of β-amino-alcohol motifs (C(OH)–C–C–N with tert-alkyl or cyclic N) is 1. The maximum absolute atomic E-state index is 13.7. The van der Waals surface area contributed by atoms with Crippen molar-refractivity contribution in [2.24, 2.45) is 5.73 Å². The highest BCUT2D eigenvalue weighted by atomic mass is 16.3. The molecule has 1 fully saturated rings. The molecule has 1 aliphatic heterocycles. The molecule has 3 N–H and O–H groups in total. The summed E-state index contributed by atoms with van der Waals surface area (Å²) in [6.07, 6.45) is 0.857. The zero-order valence-corrected chi connectivity index (χ0v) is 17.7. The molecule has 1 saturated heterocycles. The van der Waals surface area contributed by atoms with Crippen molar-refractivity contribution in [2.45, 2.75) is 43.4 Å². The van der Waals surface area contributed by atoms with Gasteiger partial charge in [-0.25, -0.2) is 0 Å². The molecule has 1 unspecified atom stereocenters. The Morgan fingerprint density at radius 2 is 1.66 bits per heavy atom. The fourth-order valence-electron chi connectivity index (χ4n) is 4.51. The average molecular weight is 396 g/mol. The molecule has 156 valence electrons. The van der Waals surface area contributed by atoms with Gasteiger partial charge in [-0.1, -0.05) is 60.7 Å². The lowest BCUT2D eigenvalue weighted by atomic mass is 9.69. The van der Waals surface area contributed by atoms with Crippen molar-refractivity contribution in [1.82, 2.24) is 9.80 Å². The van der Waals surface area contributed by atoms with Gasteiger partial charge in [0.2, 0.25) is 5.91 Å². The molecule has 3 rings (SSSR count). The van der Waals surface area contributed by atoms with Crippen LogP contribution in [0.3, 0.4) is 0 Å². The van der Waals surface area contributed by atoms with E-state index in [4.69, 9.17) is 5.73 Å². The number of carbonyl (C=O) groups is 1. The maximum atomic E-state index is 13.7. The number of likely N-dealkylation sites (N-methyl/N-ethyl adjacent to an activating group) is 1. The van der Waals surface area contributed by atoms with Crippen LogP contribution in [0.4, 0.5) is 0 Å². The van der Waals surface area contributed by atoms with Gasteiger partial charge >= 0.3 is 0 Å². The van der Waals surface area contributed by atoms with Crippen molar-refractivity contribution in [1.29, 1.82) is 0 Å². The van der Waals surface area contributed by atoms with Crippen LogP contribution in [0.5, 0.6) is 0 Å². The number of rotatable bonds is 6. The van der Waals surface area contributed by atoms with Gasteiger partial charge in [-0.2, -0.15) is 0 Å². The average Bonchev–Trinajstić information content (AvgIpc) is 2.74. The number of nitrogens with zero attached hydrogens (tertiary/aromatic N) is 2. The van der Waals surface area contributed by atoms with Crippen molar-refractivity contribution in [2.75, 3.05) is 27.2 Å². The topological polar surface area (TPSA) is 69.8 Å². The third-order valence-corrected chi connectivity index (χ3v) is 6.19. The summed E-state index contributed by atoms with van der Waals surface area (Å²) in [4.78, 5) is 17.7. The Hall–Kier alpha value is -2.21. The number of likely N-dealkylation sites (tertiary alicyclic amines) is 1. The third kappa shape index (κ3) is 4.37. The zero-order valence-electron chi connectivity index (χ0n) is 17.7. The Kier molecular flexibility index (Phi) is 6.73. The van der Waals surface area contributed by atoms with Crippen LogP contribution in [0.2, 0.25) is 0 Å². The molecule has 0 aliphatic carbocycles. The van der Waals surface area contributed by atoms with E-state index in [2.05, 4.69) is 11.8 Å². The molecule has 0 bridgehead atoms. The van der Waals surface area contributed by atoms with Crippen LogP contribution in [-0.2, 0) is 10.2 Å². The number of hydrogen-bond acceptors (Lipinski definition) is 4. The number of piperidine rings is 1. The molecule has 29 heavy (non-hydrogen) atoms. The molecule has 0 spiro atoms. The smallest absolute Gasteiger partial charge is 0.237 e. The first kappa shape index (κ1) is 21.5. The van der Waals surface area contributed by atoms with E-state index in [0.29, 0.717) is 13.0 Å². The predicted octanol–water partition coefficient (Wildman–Crippen LogP) is 2.23. The second-order valence-corrected chi connectivity index (χ2v) is 8.40. The second kappa shape index (κ2) is 9.08. The van der Waals surface area contributed by atoms with Crippen molar-refractivity contribution < 1.29 is 9.90 Å². The lowest BCUT2D eigenvalue weighted by molar-refractivity contribution is -0.134. The van der Waals surface area contributed by atoms with Crippen LogP contribution in [0.25, 0.3) is 0 Å².